The molecule has 1 N–H and O–H groups in total. The monoisotopic (exact) mass is 356 g/mol. The molecule has 20 heavy (non-hydrogen) atoms. The molecule has 0 saturated carbocycles. The molecule has 0 spiro atoms. The lowest BCUT2D eigenvalue weighted by Gasteiger charge is -2.24. The molecule has 1 unspecified atom stereocenters. The van der Waals surface area contributed by atoms with Crippen molar-refractivity contribution in [2.24, 2.45) is 0 Å². The second kappa shape index (κ2) is 5.04. The Morgan fingerprint density at radius 1 is 1.55 bits per heavy atom. The van der Waals surface area contributed by atoms with Gasteiger partial charge in [0.15, 0.2) is 6.17 Å². The van der Waals surface area contributed by atoms with E-state index in [0.29, 0.717) is 15.5 Å². The summed E-state index contributed by atoms with van der Waals surface area (Å²) in [5.74, 6) is -0.880. The predicted octanol–water partition coefficient (Wildman–Crippen LogP) is 2.48. The third-order valence-electron chi connectivity index (χ3n) is 2.96. The number of hydroxylamine groups is 2. The summed E-state index contributed by atoms with van der Waals surface area (Å²) in [6.07, 6.45) is 1.90. The van der Waals surface area contributed by atoms with Crippen molar-refractivity contribution in [2.45, 2.75) is 6.17 Å². The van der Waals surface area contributed by atoms with Crippen molar-refractivity contribution in [2.75, 3.05) is 6.54 Å². The van der Waals surface area contributed by atoms with E-state index in [2.05, 4.69) is 15.9 Å². The number of furan rings is 1. The summed E-state index contributed by atoms with van der Waals surface area (Å²) >= 11 is 4.67. The lowest BCUT2D eigenvalue weighted by atomic mass is 10.2. The minimum atomic E-state index is -0.804. The summed E-state index contributed by atoms with van der Waals surface area (Å²) < 4.78 is 5.71. The number of carbonyl (C=O) groups is 2. The van der Waals surface area contributed by atoms with Crippen LogP contribution < -0.4 is 0 Å². The summed E-state index contributed by atoms with van der Waals surface area (Å²) in [5.41, 5.74) is 0.341. The van der Waals surface area contributed by atoms with Crippen LogP contribution >= 0.6 is 27.3 Å². The van der Waals surface area contributed by atoms with Crippen LogP contribution in [0.5, 0.6) is 0 Å². The molecule has 1 aliphatic heterocycles. The van der Waals surface area contributed by atoms with Gasteiger partial charge in [0.2, 0.25) is 0 Å². The van der Waals surface area contributed by atoms with E-state index in [9.17, 15) is 14.8 Å². The van der Waals surface area contributed by atoms with Crippen LogP contribution in [0, 0.1) is 0 Å². The summed E-state index contributed by atoms with van der Waals surface area (Å²) in [6.45, 7) is -0.166. The van der Waals surface area contributed by atoms with Crippen LogP contribution in [0.4, 0.5) is 0 Å². The molecule has 3 heterocycles. The minimum absolute atomic E-state index is 0.166. The number of rotatable bonds is 2. The highest BCUT2D eigenvalue weighted by Crippen LogP contribution is 2.35. The van der Waals surface area contributed by atoms with Gasteiger partial charge in [-0.2, -0.15) is 5.06 Å². The van der Waals surface area contributed by atoms with Crippen LogP contribution in [0.15, 0.2) is 38.9 Å². The zero-order chi connectivity index (χ0) is 14.3. The molecule has 0 aliphatic carbocycles. The number of hydrogen-bond donors (Lipinski definition) is 1. The van der Waals surface area contributed by atoms with E-state index in [4.69, 9.17) is 4.42 Å². The highest BCUT2D eigenvalue weighted by molar-refractivity contribution is 9.10. The molecule has 1 saturated heterocycles. The Bertz CT molecular complexity index is 654. The molecule has 1 aliphatic rings. The van der Waals surface area contributed by atoms with Crippen molar-refractivity contribution in [3.63, 3.8) is 0 Å². The van der Waals surface area contributed by atoms with Crippen LogP contribution in [-0.2, 0) is 4.79 Å². The van der Waals surface area contributed by atoms with Gasteiger partial charge in [-0.25, -0.2) is 0 Å². The second-order valence-corrected chi connectivity index (χ2v) is 6.08. The van der Waals surface area contributed by atoms with Gasteiger partial charge in [-0.1, -0.05) is 0 Å². The molecule has 2 aromatic heterocycles. The van der Waals surface area contributed by atoms with Gasteiger partial charge in [-0.3, -0.25) is 14.8 Å². The van der Waals surface area contributed by atoms with Crippen LogP contribution in [0.2, 0.25) is 0 Å². The van der Waals surface area contributed by atoms with E-state index >= 15 is 0 Å². The summed E-state index contributed by atoms with van der Waals surface area (Å²) in [5, 5.41) is 12.3. The van der Waals surface area contributed by atoms with Crippen LogP contribution in [0.25, 0.3) is 0 Å². The van der Waals surface area contributed by atoms with E-state index < -0.39 is 12.1 Å². The van der Waals surface area contributed by atoms with Gasteiger partial charge in [0.25, 0.3) is 11.8 Å². The van der Waals surface area contributed by atoms with Crippen molar-refractivity contribution in [1.29, 1.82) is 0 Å². The number of halogens is 1. The molecular formula is C12H9BrN2O4S. The number of amides is 2. The Morgan fingerprint density at radius 3 is 2.95 bits per heavy atom. The van der Waals surface area contributed by atoms with E-state index in [1.807, 2.05) is 5.38 Å². The normalized spacial score (nSPS) is 18.9. The maximum atomic E-state index is 12.4. The fraction of sp³-hybridized carbons (Fsp3) is 0.167. The third-order valence-corrected chi connectivity index (χ3v) is 4.69. The van der Waals surface area contributed by atoms with Gasteiger partial charge in [-0.05, 0) is 28.1 Å². The van der Waals surface area contributed by atoms with Gasteiger partial charge < -0.3 is 9.32 Å². The quantitative estimate of drug-likeness (QED) is 0.838. The standard InChI is InChI=1S/C12H9BrN2O4S/c13-8-3-9(20-6-8)11-14(4-10(16)15(11)18)12(17)7-1-2-19-5-7/h1-3,5-6,11,18H,4H2. The molecule has 2 amide bonds. The van der Waals surface area contributed by atoms with Crippen molar-refractivity contribution in [3.8, 4) is 0 Å². The largest absolute Gasteiger partial charge is 0.472 e. The number of carbonyl (C=O) groups excluding carboxylic acids is 2. The van der Waals surface area contributed by atoms with E-state index in [1.54, 1.807) is 6.07 Å². The summed E-state index contributed by atoms with van der Waals surface area (Å²) in [7, 11) is 0. The highest BCUT2D eigenvalue weighted by atomic mass is 79.9. The first-order chi connectivity index (χ1) is 9.58. The SMILES string of the molecule is O=C1CN(C(=O)c2ccoc2)C(c2cc(Br)cs2)N1O. The fourth-order valence-corrected chi connectivity index (χ4v) is 3.58. The summed E-state index contributed by atoms with van der Waals surface area (Å²) in [4.78, 5) is 26.1. The van der Waals surface area contributed by atoms with Crippen molar-refractivity contribution >= 4 is 39.1 Å². The average molecular weight is 357 g/mol. The maximum absolute atomic E-state index is 12.4. The van der Waals surface area contributed by atoms with Crippen molar-refractivity contribution in [3.05, 3.63) is 45.0 Å². The van der Waals surface area contributed by atoms with Gasteiger partial charge in [0.1, 0.15) is 12.8 Å². The van der Waals surface area contributed by atoms with Crippen molar-refractivity contribution in [1.82, 2.24) is 9.96 Å². The first kappa shape index (κ1) is 13.3. The van der Waals surface area contributed by atoms with Crippen LogP contribution in [0.1, 0.15) is 21.4 Å². The lowest BCUT2D eigenvalue weighted by Crippen LogP contribution is -2.33. The Morgan fingerprint density at radius 2 is 2.35 bits per heavy atom. The molecule has 0 bridgehead atoms. The Kier molecular flexibility index (Phi) is 3.36. The number of hydrogen-bond acceptors (Lipinski definition) is 5. The molecular weight excluding hydrogens is 348 g/mol. The smallest absolute Gasteiger partial charge is 0.267 e. The average Bonchev–Trinajstić information content (AvgIpc) is 3.12. The van der Waals surface area contributed by atoms with E-state index in [1.165, 1.54) is 34.8 Å². The predicted molar refractivity (Wildman–Crippen MR) is 73.1 cm³/mol. The third kappa shape index (κ3) is 2.15. The zero-order valence-corrected chi connectivity index (χ0v) is 12.4. The van der Waals surface area contributed by atoms with E-state index in [-0.39, 0.29) is 12.5 Å². The lowest BCUT2D eigenvalue weighted by molar-refractivity contribution is -0.168. The van der Waals surface area contributed by atoms with E-state index in [0.717, 1.165) is 4.47 Å². The van der Waals surface area contributed by atoms with Gasteiger partial charge in [-0.15, -0.1) is 11.3 Å². The topological polar surface area (TPSA) is 74.0 Å². The van der Waals surface area contributed by atoms with Crippen LogP contribution in [0.3, 0.4) is 0 Å². The number of thiophene rings is 1. The molecule has 3 rings (SSSR count). The summed E-state index contributed by atoms with van der Waals surface area (Å²) in [6, 6.07) is 3.29. The zero-order valence-electron chi connectivity index (χ0n) is 10.0. The Hall–Kier alpha value is -1.64. The Balaban J connectivity index is 1.96. The van der Waals surface area contributed by atoms with Gasteiger partial charge in [0.05, 0.1) is 16.7 Å². The molecule has 8 heteroatoms. The molecule has 104 valence electrons. The maximum Gasteiger partial charge on any atom is 0.267 e. The molecule has 0 aromatic carbocycles. The molecule has 0 radical (unpaired) electrons. The molecule has 1 atom stereocenters. The van der Waals surface area contributed by atoms with Gasteiger partial charge in [0, 0.05) is 9.85 Å². The molecule has 6 nitrogen and oxygen atoms in total. The minimum Gasteiger partial charge on any atom is -0.472 e. The number of nitrogens with zero attached hydrogens (tertiary/aromatic N) is 2. The molecule has 2 aromatic rings. The first-order valence-corrected chi connectivity index (χ1v) is 7.33. The second-order valence-electron chi connectivity index (χ2n) is 4.22. The highest BCUT2D eigenvalue weighted by Gasteiger charge is 2.42. The van der Waals surface area contributed by atoms with Crippen molar-refractivity contribution < 1.29 is 19.2 Å². The molecule has 1 fully saturated rings. The fourth-order valence-electron chi connectivity index (χ4n) is 2.05. The van der Waals surface area contributed by atoms with Gasteiger partial charge >= 0.3 is 0 Å². The van der Waals surface area contributed by atoms with Crippen LogP contribution in [-0.4, -0.2) is 33.5 Å². The Labute approximate surface area is 126 Å². The first-order valence-electron chi connectivity index (χ1n) is 5.66.